The van der Waals surface area contributed by atoms with Gasteiger partial charge < -0.3 is 9.88 Å². The fourth-order valence-corrected chi connectivity index (χ4v) is 1.86. The lowest BCUT2D eigenvalue weighted by atomic mass is 10.4. The molecule has 1 N–H and O–H groups in total. The molecule has 0 radical (unpaired) electrons. The molecule has 78 valence electrons. The number of imidazole rings is 1. The zero-order valence-electron chi connectivity index (χ0n) is 8.30. The fraction of sp³-hybridized carbons (Fsp3) is 0.200. The van der Waals surface area contributed by atoms with E-state index in [1.807, 2.05) is 29.3 Å². The third kappa shape index (κ3) is 2.24. The van der Waals surface area contributed by atoms with Gasteiger partial charge in [0.2, 0.25) is 0 Å². The Morgan fingerprint density at radius 3 is 3.13 bits per heavy atom. The van der Waals surface area contributed by atoms with E-state index in [1.54, 1.807) is 12.3 Å². The van der Waals surface area contributed by atoms with Crippen molar-refractivity contribution in [1.29, 1.82) is 0 Å². The number of hydrogen-bond donors (Lipinski definition) is 1. The van der Waals surface area contributed by atoms with Crippen molar-refractivity contribution in [2.75, 3.05) is 0 Å². The minimum Gasteiger partial charge on any atom is -0.344 e. The highest BCUT2D eigenvalue weighted by Gasteiger charge is 2.06. The second-order valence-electron chi connectivity index (χ2n) is 3.11. The summed E-state index contributed by atoms with van der Waals surface area (Å²) < 4.78 is 1.88. The van der Waals surface area contributed by atoms with Crippen LogP contribution in [-0.4, -0.2) is 15.5 Å². The van der Waals surface area contributed by atoms with E-state index in [1.165, 1.54) is 11.3 Å². The molecule has 0 saturated carbocycles. The molecule has 0 unspecified atom stereocenters. The van der Waals surface area contributed by atoms with Crippen LogP contribution in [0.15, 0.2) is 29.9 Å². The van der Waals surface area contributed by atoms with Crippen molar-refractivity contribution < 1.29 is 4.79 Å². The molecule has 0 aliphatic rings. The van der Waals surface area contributed by atoms with Gasteiger partial charge in [-0.25, -0.2) is 4.98 Å². The van der Waals surface area contributed by atoms with Crippen LogP contribution in [0.5, 0.6) is 0 Å². The molecule has 0 spiro atoms. The van der Waals surface area contributed by atoms with Crippen LogP contribution in [0, 0.1) is 0 Å². The molecule has 2 rings (SSSR count). The van der Waals surface area contributed by atoms with E-state index in [-0.39, 0.29) is 5.91 Å². The summed E-state index contributed by atoms with van der Waals surface area (Å²) >= 11 is 1.43. The first-order chi connectivity index (χ1) is 7.27. The monoisotopic (exact) mass is 221 g/mol. The van der Waals surface area contributed by atoms with Crippen molar-refractivity contribution in [3.63, 3.8) is 0 Å². The highest BCUT2D eigenvalue weighted by molar-refractivity contribution is 7.12. The predicted octanol–water partition coefficient (Wildman–Crippen LogP) is 1.41. The lowest BCUT2D eigenvalue weighted by Gasteiger charge is -2.03. The summed E-state index contributed by atoms with van der Waals surface area (Å²) in [5.41, 5.74) is 0. The molecule has 0 aliphatic heterocycles. The molecule has 0 bridgehead atoms. The first kappa shape index (κ1) is 9.92. The van der Waals surface area contributed by atoms with Gasteiger partial charge in [0.25, 0.3) is 5.91 Å². The quantitative estimate of drug-likeness (QED) is 0.852. The third-order valence-electron chi connectivity index (χ3n) is 2.07. The molecular formula is C10H11N3OS. The Morgan fingerprint density at radius 2 is 2.53 bits per heavy atom. The summed E-state index contributed by atoms with van der Waals surface area (Å²) in [6.45, 7) is 0.459. The van der Waals surface area contributed by atoms with Crippen LogP contribution in [0.2, 0.25) is 0 Å². The van der Waals surface area contributed by atoms with Crippen LogP contribution in [-0.2, 0) is 13.6 Å². The van der Waals surface area contributed by atoms with Gasteiger partial charge >= 0.3 is 0 Å². The van der Waals surface area contributed by atoms with E-state index in [0.29, 0.717) is 6.54 Å². The van der Waals surface area contributed by atoms with Crippen molar-refractivity contribution in [1.82, 2.24) is 14.9 Å². The normalized spacial score (nSPS) is 10.2. The highest BCUT2D eigenvalue weighted by Crippen LogP contribution is 2.07. The molecule has 4 nitrogen and oxygen atoms in total. The Labute approximate surface area is 91.6 Å². The van der Waals surface area contributed by atoms with Gasteiger partial charge in [-0.05, 0) is 11.4 Å². The molecule has 0 saturated heterocycles. The van der Waals surface area contributed by atoms with E-state index in [9.17, 15) is 4.79 Å². The van der Waals surface area contributed by atoms with E-state index >= 15 is 0 Å². The lowest BCUT2D eigenvalue weighted by molar-refractivity contribution is 0.0953. The van der Waals surface area contributed by atoms with Crippen LogP contribution in [0.4, 0.5) is 0 Å². The lowest BCUT2D eigenvalue weighted by Crippen LogP contribution is -2.23. The first-order valence-corrected chi connectivity index (χ1v) is 5.43. The Bertz CT molecular complexity index is 447. The van der Waals surface area contributed by atoms with Crippen LogP contribution in [0.3, 0.4) is 0 Å². The molecule has 15 heavy (non-hydrogen) atoms. The summed E-state index contributed by atoms with van der Waals surface area (Å²) in [7, 11) is 1.90. The Kier molecular flexibility index (Phi) is 2.82. The van der Waals surface area contributed by atoms with Crippen LogP contribution in [0.25, 0.3) is 0 Å². The molecule has 1 amide bonds. The van der Waals surface area contributed by atoms with E-state index in [2.05, 4.69) is 10.3 Å². The topological polar surface area (TPSA) is 46.9 Å². The Morgan fingerprint density at radius 1 is 1.67 bits per heavy atom. The van der Waals surface area contributed by atoms with Crippen molar-refractivity contribution in [3.8, 4) is 0 Å². The molecule has 2 heterocycles. The average Bonchev–Trinajstić information content (AvgIpc) is 2.85. The number of amides is 1. The fourth-order valence-electron chi connectivity index (χ4n) is 1.22. The standard InChI is InChI=1S/C10H11N3OS/c1-13-5-4-11-9(13)7-12-10(14)8-3-2-6-15-8/h2-6H,7H2,1H3,(H,12,14). The van der Waals surface area contributed by atoms with E-state index < -0.39 is 0 Å². The summed E-state index contributed by atoms with van der Waals surface area (Å²) in [5.74, 6) is 0.799. The van der Waals surface area contributed by atoms with Crippen molar-refractivity contribution >= 4 is 17.2 Å². The molecule has 0 aromatic carbocycles. The molecule has 0 aliphatic carbocycles. The Hall–Kier alpha value is -1.62. The highest BCUT2D eigenvalue weighted by atomic mass is 32.1. The Balaban J connectivity index is 1.95. The van der Waals surface area contributed by atoms with Gasteiger partial charge in [-0.2, -0.15) is 0 Å². The van der Waals surface area contributed by atoms with Gasteiger partial charge in [-0.15, -0.1) is 11.3 Å². The summed E-state index contributed by atoms with van der Waals surface area (Å²) in [4.78, 5) is 16.4. The summed E-state index contributed by atoms with van der Waals surface area (Å²) in [5, 5.41) is 4.70. The van der Waals surface area contributed by atoms with Crippen LogP contribution >= 0.6 is 11.3 Å². The van der Waals surface area contributed by atoms with Gasteiger partial charge in [0.15, 0.2) is 0 Å². The van der Waals surface area contributed by atoms with Crippen LogP contribution < -0.4 is 5.32 Å². The number of nitrogens with zero attached hydrogens (tertiary/aromatic N) is 2. The number of hydrogen-bond acceptors (Lipinski definition) is 3. The smallest absolute Gasteiger partial charge is 0.261 e. The minimum absolute atomic E-state index is 0.0481. The number of rotatable bonds is 3. The second-order valence-corrected chi connectivity index (χ2v) is 4.06. The minimum atomic E-state index is -0.0481. The zero-order valence-corrected chi connectivity index (χ0v) is 9.12. The largest absolute Gasteiger partial charge is 0.344 e. The predicted molar refractivity (Wildman–Crippen MR) is 58.7 cm³/mol. The maximum atomic E-state index is 11.6. The van der Waals surface area contributed by atoms with Gasteiger partial charge in [-0.1, -0.05) is 6.07 Å². The van der Waals surface area contributed by atoms with Crippen LogP contribution in [0.1, 0.15) is 15.5 Å². The maximum absolute atomic E-state index is 11.6. The number of nitrogens with one attached hydrogen (secondary N) is 1. The number of carbonyl (C=O) groups excluding carboxylic acids is 1. The number of aromatic nitrogens is 2. The molecule has 0 atom stereocenters. The summed E-state index contributed by atoms with van der Waals surface area (Å²) in [6, 6.07) is 3.67. The van der Waals surface area contributed by atoms with Crippen molar-refractivity contribution in [3.05, 3.63) is 40.6 Å². The zero-order chi connectivity index (χ0) is 10.7. The molecule has 2 aromatic rings. The van der Waals surface area contributed by atoms with Gasteiger partial charge in [0.1, 0.15) is 5.82 Å². The third-order valence-corrected chi connectivity index (χ3v) is 2.94. The summed E-state index contributed by atoms with van der Waals surface area (Å²) in [6.07, 6.45) is 3.57. The number of carbonyl (C=O) groups is 1. The SMILES string of the molecule is Cn1ccnc1CNC(=O)c1cccs1. The maximum Gasteiger partial charge on any atom is 0.261 e. The number of aryl methyl sites for hydroxylation is 1. The van der Waals surface area contributed by atoms with Crippen molar-refractivity contribution in [2.24, 2.45) is 7.05 Å². The molecule has 5 heteroatoms. The van der Waals surface area contributed by atoms with E-state index in [0.717, 1.165) is 10.7 Å². The van der Waals surface area contributed by atoms with Crippen molar-refractivity contribution in [2.45, 2.75) is 6.54 Å². The molecule has 0 fully saturated rings. The van der Waals surface area contributed by atoms with Gasteiger partial charge in [0, 0.05) is 19.4 Å². The first-order valence-electron chi connectivity index (χ1n) is 4.55. The second kappa shape index (κ2) is 4.27. The van der Waals surface area contributed by atoms with E-state index in [4.69, 9.17) is 0 Å². The van der Waals surface area contributed by atoms with Gasteiger partial charge in [0.05, 0.1) is 11.4 Å². The number of thiophene rings is 1. The molecule has 2 aromatic heterocycles. The average molecular weight is 221 g/mol. The van der Waals surface area contributed by atoms with Gasteiger partial charge in [-0.3, -0.25) is 4.79 Å². The molecular weight excluding hydrogens is 210 g/mol.